The highest BCUT2D eigenvalue weighted by Gasteiger charge is 2.22. The van der Waals surface area contributed by atoms with Crippen LogP contribution < -0.4 is 10.6 Å². The van der Waals surface area contributed by atoms with Gasteiger partial charge in [-0.3, -0.25) is 9.78 Å². The van der Waals surface area contributed by atoms with Crippen LogP contribution in [0.4, 0.5) is 13.6 Å². The van der Waals surface area contributed by atoms with Crippen LogP contribution in [-0.2, 0) is 22.6 Å². The molecule has 6 nitrogen and oxygen atoms in total. The van der Waals surface area contributed by atoms with E-state index in [1.165, 1.54) is 0 Å². The Kier molecular flexibility index (Phi) is 7.48. The summed E-state index contributed by atoms with van der Waals surface area (Å²) < 4.78 is 29.7. The molecule has 1 aromatic heterocycles. The smallest absolute Gasteiger partial charge is 0.408 e. The predicted octanol–water partition coefficient (Wildman–Crippen LogP) is 2.30. The fourth-order valence-corrected chi connectivity index (χ4v) is 2.17. The SMILES string of the molecule is O=C(NC(Cc1ccccc1)C(=O)NCC(F)F)OCc1ccncc1. The Hall–Kier alpha value is -3.03. The van der Waals surface area contributed by atoms with Crippen LogP contribution in [0.3, 0.4) is 0 Å². The summed E-state index contributed by atoms with van der Waals surface area (Å²) in [5.74, 6) is -0.699. The van der Waals surface area contributed by atoms with Crippen LogP contribution in [0.2, 0.25) is 0 Å². The molecule has 1 heterocycles. The molecule has 0 aliphatic heterocycles. The molecule has 0 radical (unpaired) electrons. The molecule has 2 rings (SSSR count). The van der Waals surface area contributed by atoms with E-state index in [9.17, 15) is 18.4 Å². The van der Waals surface area contributed by atoms with Crippen molar-refractivity contribution < 1.29 is 23.1 Å². The molecule has 138 valence electrons. The van der Waals surface area contributed by atoms with Gasteiger partial charge in [0.2, 0.25) is 5.91 Å². The van der Waals surface area contributed by atoms with Crippen LogP contribution >= 0.6 is 0 Å². The van der Waals surface area contributed by atoms with Crippen molar-refractivity contribution in [1.29, 1.82) is 0 Å². The second kappa shape index (κ2) is 10.1. The number of aromatic nitrogens is 1. The Bertz CT molecular complexity index is 699. The zero-order valence-corrected chi connectivity index (χ0v) is 13.9. The molecule has 2 aromatic rings. The molecule has 1 unspecified atom stereocenters. The van der Waals surface area contributed by atoms with Gasteiger partial charge in [0.1, 0.15) is 12.6 Å². The van der Waals surface area contributed by atoms with Crippen molar-refractivity contribution >= 4 is 12.0 Å². The summed E-state index contributed by atoms with van der Waals surface area (Å²) in [4.78, 5) is 28.0. The molecule has 0 bridgehead atoms. The van der Waals surface area contributed by atoms with E-state index in [0.29, 0.717) is 0 Å². The summed E-state index contributed by atoms with van der Waals surface area (Å²) in [5.41, 5.74) is 1.51. The largest absolute Gasteiger partial charge is 0.445 e. The van der Waals surface area contributed by atoms with Gasteiger partial charge in [-0.2, -0.15) is 0 Å². The van der Waals surface area contributed by atoms with E-state index in [1.807, 2.05) is 6.07 Å². The second-order valence-corrected chi connectivity index (χ2v) is 5.45. The normalized spacial score (nSPS) is 11.7. The van der Waals surface area contributed by atoms with E-state index in [2.05, 4.69) is 15.6 Å². The molecule has 0 aliphatic carbocycles. The van der Waals surface area contributed by atoms with Gasteiger partial charge in [0, 0.05) is 18.8 Å². The minimum Gasteiger partial charge on any atom is -0.445 e. The quantitative estimate of drug-likeness (QED) is 0.754. The Labute approximate surface area is 149 Å². The van der Waals surface area contributed by atoms with E-state index in [-0.39, 0.29) is 13.0 Å². The molecule has 8 heteroatoms. The Morgan fingerprint density at radius 1 is 1.04 bits per heavy atom. The highest BCUT2D eigenvalue weighted by Crippen LogP contribution is 2.05. The lowest BCUT2D eigenvalue weighted by atomic mass is 10.1. The maximum absolute atomic E-state index is 12.3. The number of amides is 2. The number of carbonyl (C=O) groups is 2. The van der Waals surface area contributed by atoms with Gasteiger partial charge >= 0.3 is 6.09 Å². The maximum Gasteiger partial charge on any atom is 0.408 e. The number of halogens is 2. The van der Waals surface area contributed by atoms with Gasteiger partial charge in [-0.15, -0.1) is 0 Å². The topological polar surface area (TPSA) is 80.3 Å². The summed E-state index contributed by atoms with van der Waals surface area (Å²) in [6.45, 7) is -0.775. The van der Waals surface area contributed by atoms with E-state index in [0.717, 1.165) is 11.1 Å². The van der Waals surface area contributed by atoms with Crippen LogP contribution in [0.1, 0.15) is 11.1 Å². The Balaban J connectivity index is 1.95. The molecule has 0 saturated carbocycles. The molecule has 2 amide bonds. The number of nitrogens with zero attached hydrogens (tertiary/aromatic N) is 1. The number of rotatable bonds is 8. The molecule has 26 heavy (non-hydrogen) atoms. The Morgan fingerprint density at radius 2 is 1.73 bits per heavy atom. The lowest BCUT2D eigenvalue weighted by Crippen LogP contribution is -2.49. The first kappa shape index (κ1) is 19.3. The van der Waals surface area contributed by atoms with Gasteiger partial charge in [-0.25, -0.2) is 13.6 Å². The van der Waals surface area contributed by atoms with Crippen molar-refractivity contribution in [1.82, 2.24) is 15.6 Å². The van der Waals surface area contributed by atoms with Gasteiger partial charge in [-0.05, 0) is 23.3 Å². The molecule has 0 spiro atoms. The van der Waals surface area contributed by atoms with Crippen LogP contribution in [0.15, 0.2) is 54.9 Å². The second-order valence-electron chi connectivity index (χ2n) is 5.45. The number of ether oxygens (including phenoxy) is 1. The van der Waals surface area contributed by atoms with Crippen LogP contribution in [-0.4, -0.2) is 36.0 Å². The van der Waals surface area contributed by atoms with Gasteiger partial charge < -0.3 is 15.4 Å². The van der Waals surface area contributed by atoms with Crippen molar-refractivity contribution in [2.45, 2.75) is 25.5 Å². The first-order valence-corrected chi connectivity index (χ1v) is 7.96. The first-order chi connectivity index (χ1) is 12.5. The van der Waals surface area contributed by atoms with Gasteiger partial charge in [0.15, 0.2) is 0 Å². The zero-order chi connectivity index (χ0) is 18.8. The molecule has 1 aromatic carbocycles. The molecule has 1 atom stereocenters. The fourth-order valence-electron chi connectivity index (χ4n) is 2.17. The molecule has 0 aliphatic rings. The molecular formula is C18H19F2N3O3. The summed E-state index contributed by atoms with van der Waals surface area (Å²) in [5, 5.41) is 4.54. The van der Waals surface area contributed by atoms with Crippen molar-refractivity contribution in [3.05, 3.63) is 66.0 Å². The number of pyridine rings is 1. The number of carbonyl (C=O) groups excluding carboxylic acids is 2. The third-order valence-corrected chi connectivity index (χ3v) is 3.44. The average Bonchev–Trinajstić information content (AvgIpc) is 2.65. The molecule has 0 fully saturated rings. The van der Waals surface area contributed by atoms with Crippen molar-refractivity contribution in [3.8, 4) is 0 Å². The monoisotopic (exact) mass is 363 g/mol. The fraction of sp³-hybridized carbons (Fsp3) is 0.278. The number of benzene rings is 1. The van der Waals surface area contributed by atoms with Crippen LogP contribution in [0.5, 0.6) is 0 Å². The van der Waals surface area contributed by atoms with E-state index in [1.54, 1.807) is 48.8 Å². The number of hydrogen-bond acceptors (Lipinski definition) is 4. The van der Waals surface area contributed by atoms with Gasteiger partial charge in [0.25, 0.3) is 6.43 Å². The van der Waals surface area contributed by atoms with Gasteiger partial charge in [0.05, 0.1) is 6.54 Å². The van der Waals surface area contributed by atoms with E-state index >= 15 is 0 Å². The zero-order valence-electron chi connectivity index (χ0n) is 13.9. The highest BCUT2D eigenvalue weighted by molar-refractivity contribution is 5.85. The van der Waals surface area contributed by atoms with E-state index < -0.39 is 31.0 Å². The van der Waals surface area contributed by atoms with E-state index in [4.69, 9.17) is 4.74 Å². The third-order valence-electron chi connectivity index (χ3n) is 3.44. The van der Waals surface area contributed by atoms with Gasteiger partial charge in [-0.1, -0.05) is 30.3 Å². The first-order valence-electron chi connectivity index (χ1n) is 7.96. The van der Waals surface area contributed by atoms with Crippen LogP contribution in [0.25, 0.3) is 0 Å². The summed E-state index contributed by atoms with van der Waals surface area (Å²) >= 11 is 0. The van der Waals surface area contributed by atoms with Crippen LogP contribution in [0, 0.1) is 0 Å². The third kappa shape index (κ3) is 6.84. The maximum atomic E-state index is 12.3. The highest BCUT2D eigenvalue weighted by atomic mass is 19.3. The van der Waals surface area contributed by atoms with Crippen molar-refractivity contribution in [2.24, 2.45) is 0 Å². The lowest BCUT2D eigenvalue weighted by Gasteiger charge is -2.18. The molecule has 0 saturated heterocycles. The molecular weight excluding hydrogens is 344 g/mol. The summed E-state index contributed by atoms with van der Waals surface area (Å²) in [6.07, 6.45) is -0.204. The molecule has 2 N–H and O–H groups in total. The standard InChI is InChI=1S/C18H19F2N3O3/c19-16(20)11-22-17(24)15(10-13-4-2-1-3-5-13)23-18(25)26-12-14-6-8-21-9-7-14/h1-9,15-16H,10-12H2,(H,22,24)(H,23,25). The summed E-state index contributed by atoms with van der Waals surface area (Å²) in [6, 6.07) is 11.3. The lowest BCUT2D eigenvalue weighted by molar-refractivity contribution is -0.123. The van der Waals surface area contributed by atoms with Crippen molar-refractivity contribution in [2.75, 3.05) is 6.54 Å². The number of alkyl halides is 2. The number of hydrogen-bond donors (Lipinski definition) is 2. The summed E-state index contributed by atoms with van der Waals surface area (Å²) in [7, 11) is 0. The predicted molar refractivity (Wildman–Crippen MR) is 90.5 cm³/mol. The minimum atomic E-state index is -2.67. The minimum absolute atomic E-state index is 0.00502. The average molecular weight is 363 g/mol. The number of nitrogens with one attached hydrogen (secondary N) is 2. The van der Waals surface area contributed by atoms with Crippen molar-refractivity contribution in [3.63, 3.8) is 0 Å². The Morgan fingerprint density at radius 3 is 2.38 bits per heavy atom. The number of alkyl carbamates (subject to hydrolysis) is 1.